The Labute approximate surface area is 179 Å². The lowest BCUT2D eigenvalue weighted by Crippen LogP contribution is -2.38. The van der Waals surface area contributed by atoms with Crippen LogP contribution in [0.3, 0.4) is 0 Å². The zero-order valence-electron chi connectivity index (χ0n) is 16.6. The average Bonchev–Trinajstić information content (AvgIpc) is 3.37. The molecule has 1 fully saturated rings. The molecule has 0 radical (unpaired) electrons. The molecule has 0 saturated carbocycles. The molecule has 1 amide bonds. The Kier molecular flexibility index (Phi) is 5.85. The van der Waals surface area contributed by atoms with Gasteiger partial charge in [0.1, 0.15) is 0 Å². The van der Waals surface area contributed by atoms with E-state index in [9.17, 15) is 18.0 Å². The second kappa shape index (κ2) is 8.73. The van der Waals surface area contributed by atoms with Gasteiger partial charge in [-0.3, -0.25) is 4.79 Å². The van der Waals surface area contributed by atoms with Gasteiger partial charge in [0.25, 0.3) is 5.91 Å². The molecule has 2 aromatic carbocycles. The van der Waals surface area contributed by atoms with Crippen LogP contribution in [0, 0.1) is 0 Å². The van der Waals surface area contributed by atoms with Crippen molar-refractivity contribution in [1.82, 2.24) is 15.1 Å². The summed E-state index contributed by atoms with van der Waals surface area (Å²) in [6.45, 7) is -0.504. The maximum atomic E-state index is 12.8. The standard InChI is InChI=1S/C22H21N3O5S/c26-21(23-17-11-12-31(28,29)15-17)14-30-22(27)20-13-19(16-7-3-1-4-8-16)24-25(20)18-9-5-2-6-10-18/h1-10,13,17H,11-12,14-15H2,(H,23,26)/t17-/m0/s1. The van der Waals surface area contributed by atoms with Gasteiger partial charge in [0.05, 0.1) is 22.9 Å². The summed E-state index contributed by atoms with van der Waals surface area (Å²) in [5.41, 5.74) is 2.29. The highest BCUT2D eigenvalue weighted by molar-refractivity contribution is 7.91. The minimum absolute atomic E-state index is 0.0518. The van der Waals surface area contributed by atoms with E-state index in [0.717, 1.165) is 5.56 Å². The number of aromatic nitrogens is 2. The molecule has 8 nitrogen and oxygen atoms in total. The molecule has 3 aromatic rings. The number of hydrogen-bond donors (Lipinski definition) is 1. The molecule has 1 aromatic heterocycles. The summed E-state index contributed by atoms with van der Waals surface area (Å²) in [4.78, 5) is 24.9. The van der Waals surface area contributed by atoms with Crippen LogP contribution in [0.15, 0.2) is 66.7 Å². The van der Waals surface area contributed by atoms with Gasteiger partial charge in [0, 0.05) is 11.6 Å². The number of hydrogen-bond acceptors (Lipinski definition) is 6. The highest BCUT2D eigenvalue weighted by Gasteiger charge is 2.29. The lowest BCUT2D eigenvalue weighted by atomic mass is 10.1. The number of benzene rings is 2. The van der Waals surface area contributed by atoms with Gasteiger partial charge < -0.3 is 10.1 Å². The zero-order chi connectivity index (χ0) is 21.8. The summed E-state index contributed by atoms with van der Waals surface area (Å²) in [5, 5.41) is 7.15. The van der Waals surface area contributed by atoms with Crippen molar-refractivity contribution in [1.29, 1.82) is 0 Å². The van der Waals surface area contributed by atoms with E-state index in [1.54, 1.807) is 6.07 Å². The number of ether oxygens (including phenoxy) is 1. The number of nitrogens with zero attached hydrogens (tertiary/aromatic N) is 2. The molecule has 2 heterocycles. The number of para-hydroxylation sites is 1. The van der Waals surface area contributed by atoms with Crippen molar-refractivity contribution in [2.45, 2.75) is 12.5 Å². The second-order valence-corrected chi connectivity index (χ2v) is 9.50. The fraction of sp³-hybridized carbons (Fsp3) is 0.227. The van der Waals surface area contributed by atoms with Gasteiger partial charge in [-0.05, 0) is 24.6 Å². The molecular formula is C22H21N3O5S. The molecule has 0 spiro atoms. The van der Waals surface area contributed by atoms with E-state index in [0.29, 0.717) is 17.8 Å². The van der Waals surface area contributed by atoms with E-state index in [4.69, 9.17) is 4.74 Å². The highest BCUT2D eigenvalue weighted by Crippen LogP contribution is 2.22. The van der Waals surface area contributed by atoms with Crippen LogP contribution in [0.5, 0.6) is 0 Å². The van der Waals surface area contributed by atoms with E-state index in [1.165, 1.54) is 4.68 Å². The van der Waals surface area contributed by atoms with Gasteiger partial charge in [-0.15, -0.1) is 0 Å². The normalized spacial score (nSPS) is 17.2. The van der Waals surface area contributed by atoms with E-state index >= 15 is 0 Å². The molecule has 1 N–H and O–H groups in total. The predicted octanol–water partition coefficient (Wildman–Crippen LogP) is 2.00. The first-order valence-electron chi connectivity index (χ1n) is 9.79. The third-order valence-electron chi connectivity index (χ3n) is 4.92. The molecule has 0 bridgehead atoms. The summed E-state index contributed by atoms with van der Waals surface area (Å²) in [5.74, 6) is -1.28. The topological polar surface area (TPSA) is 107 Å². The summed E-state index contributed by atoms with van der Waals surface area (Å²) in [6.07, 6.45) is 0.364. The van der Waals surface area contributed by atoms with Crippen LogP contribution >= 0.6 is 0 Å². The summed E-state index contributed by atoms with van der Waals surface area (Å²) in [7, 11) is -3.11. The minimum Gasteiger partial charge on any atom is -0.451 e. The molecule has 1 aliphatic rings. The first-order valence-corrected chi connectivity index (χ1v) is 11.6. The van der Waals surface area contributed by atoms with Crippen LogP contribution in [0.4, 0.5) is 0 Å². The smallest absolute Gasteiger partial charge is 0.357 e. The van der Waals surface area contributed by atoms with Crippen molar-refractivity contribution >= 4 is 21.7 Å². The van der Waals surface area contributed by atoms with E-state index in [2.05, 4.69) is 10.4 Å². The van der Waals surface area contributed by atoms with Crippen molar-refractivity contribution in [3.8, 4) is 16.9 Å². The number of carbonyl (C=O) groups is 2. The molecule has 1 atom stereocenters. The number of nitrogens with one attached hydrogen (secondary N) is 1. The van der Waals surface area contributed by atoms with Gasteiger partial charge in [0.15, 0.2) is 22.1 Å². The van der Waals surface area contributed by atoms with Gasteiger partial charge in [-0.1, -0.05) is 48.5 Å². The zero-order valence-corrected chi connectivity index (χ0v) is 17.4. The lowest BCUT2D eigenvalue weighted by Gasteiger charge is -2.11. The summed E-state index contributed by atoms with van der Waals surface area (Å²) < 4.78 is 29.7. The Morgan fingerprint density at radius 3 is 2.39 bits per heavy atom. The average molecular weight is 439 g/mol. The van der Waals surface area contributed by atoms with Crippen LogP contribution in [0.2, 0.25) is 0 Å². The molecule has 31 heavy (non-hydrogen) atoms. The van der Waals surface area contributed by atoms with Crippen LogP contribution < -0.4 is 5.32 Å². The molecule has 1 aliphatic heterocycles. The molecule has 160 valence electrons. The third-order valence-corrected chi connectivity index (χ3v) is 6.69. The van der Waals surface area contributed by atoms with Crippen LogP contribution in [0.25, 0.3) is 16.9 Å². The Morgan fingerprint density at radius 1 is 1.06 bits per heavy atom. The largest absolute Gasteiger partial charge is 0.451 e. The summed E-state index contributed by atoms with van der Waals surface area (Å²) >= 11 is 0. The molecule has 0 unspecified atom stereocenters. The van der Waals surface area contributed by atoms with E-state index in [-0.39, 0.29) is 17.2 Å². The Morgan fingerprint density at radius 2 is 1.74 bits per heavy atom. The van der Waals surface area contributed by atoms with Crippen molar-refractivity contribution < 1.29 is 22.7 Å². The first kappa shape index (κ1) is 20.8. The van der Waals surface area contributed by atoms with E-state index in [1.807, 2.05) is 60.7 Å². The van der Waals surface area contributed by atoms with Crippen molar-refractivity contribution in [2.75, 3.05) is 18.1 Å². The maximum absolute atomic E-state index is 12.8. The molecule has 4 rings (SSSR count). The second-order valence-electron chi connectivity index (χ2n) is 7.27. The Balaban J connectivity index is 1.50. The Bertz CT molecular complexity index is 1190. The van der Waals surface area contributed by atoms with Gasteiger partial charge >= 0.3 is 5.97 Å². The van der Waals surface area contributed by atoms with Crippen LogP contribution in [0.1, 0.15) is 16.9 Å². The van der Waals surface area contributed by atoms with Crippen LogP contribution in [-0.4, -0.2) is 54.2 Å². The maximum Gasteiger partial charge on any atom is 0.357 e. The van der Waals surface area contributed by atoms with Gasteiger partial charge in [-0.2, -0.15) is 5.10 Å². The van der Waals surface area contributed by atoms with E-state index < -0.39 is 34.4 Å². The predicted molar refractivity (Wildman–Crippen MR) is 114 cm³/mol. The number of sulfone groups is 1. The molecule has 1 saturated heterocycles. The van der Waals surface area contributed by atoms with Crippen molar-refractivity contribution in [3.63, 3.8) is 0 Å². The Hall–Kier alpha value is -3.46. The number of carbonyl (C=O) groups excluding carboxylic acids is 2. The van der Waals surface area contributed by atoms with Gasteiger partial charge in [-0.25, -0.2) is 17.9 Å². The van der Waals surface area contributed by atoms with Crippen molar-refractivity contribution in [2.24, 2.45) is 0 Å². The van der Waals surface area contributed by atoms with Crippen LogP contribution in [-0.2, 0) is 19.4 Å². The number of esters is 1. The number of rotatable bonds is 6. The summed E-state index contributed by atoms with van der Waals surface area (Å²) in [6, 6.07) is 19.7. The quantitative estimate of drug-likeness (QED) is 0.589. The lowest BCUT2D eigenvalue weighted by molar-refractivity contribution is -0.124. The van der Waals surface area contributed by atoms with Gasteiger partial charge in [0.2, 0.25) is 0 Å². The van der Waals surface area contributed by atoms with Crippen molar-refractivity contribution in [3.05, 3.63) is 72.4 Å². The fourth-order valence-electron chi connectivity index (χ4n) is 3.43. The monoisotopic (exact) mass is 439 g/mol. The first-order chi connectivity index (χ1) is 14.9. The minimum atomic E-state index is -3.11. The molecule has 0 aliphatic carbocycles. The molecular weight excluding hydrogens is 418 g/mol. The SMILES string of the molecule is O=C(COC(=O)c1cc(-c2ccccc2)nn1-c1ccccc1)N[C@H]1CCS(=O)(=O)C1. The fourth-order valence-corrected chi connectivity index (χ4v) is 5.10. The highest BCUT2D eigenvalue weighted by atomic mass is 32.2. The molecule has 9 heteroatoms. The third kappa shape index (κ3) is 5.00. The number of amides is 1.